The third-order valence-electron chi connectivity index (χ3n) is 1.81. The summed E-state index contributed by atoms with van der Waals surface area (Å²) in [6.07, 6.45) is 0.0996. The Labute approximate surface area is 74.3 Å². The van der Waals surface area contributed by atoms with Crippen molar-refractivity contribution < 1.29 is 9.53 Å². The maximum Gasteiger partial charge on any atom is 0.165 e. The number of ether oxygens (including phenoxy) is 1. The van der Waals surface area contributed by atoms with E-state index in [0.717, 1.165) is 0 Å². The van der Waals surface area contributed by atoms with Gasteiger partial charge in [0.15, 0.2) is 5.78 Å². The van der Waals surface area contributed by atoms with E-state index in [1.165, 1.54) is 0 Å². The number of carbonyl (C=O) groups is 1. The van der Waals surface area contributed by atoms with Crippen LogP contribution < -0.4 is 5.73 Å². The Balaban J connectivity index is 3.88. The van der Waals surface area contributed by atoms with E-state index in [9.17, 15) is 4.79 Å². The monoisotopic (exact) mass is 173 g/mol. The molecule has 12 heavy (non-hydrogen) atoms. The predicted molar refractivity (Wildman–Crippen MR) is 48.9 cm³/mol. The van der Waals surface area contributed by atoms with Gasteiger partial charge in [-0.1, -0.05) is 13.8 Å². The van der Waals surface area contributed by atoms with E-state index in [1.807, 2.05) is 27.7 Å². The van der Waals surface area contributed by atoms with E-state index >= 15 is 0 Å². The van der Waals surface area contributed by atoms with Gasteiger partial charge in [0, 0.05) is 12.0 Å². The number of carbonyl (C=O) groups excluding carboxylic acids is 1. The molecule has 3 heteroatoms. The zero-order valence-electron chi connectivity index (χ0n) is 8.39. The molecule has 72 valence electrons. The smallest absolute Gasteiger partial charge is 0.165 e. The molecule has 0 bridgehead atoms. The van der Waals surface area contributed by atoms with Gasteiger partial charge in [-0.15, -0.1) is 0 Å². The summed E-state index contributed by atoms with van der Waals surface area (Å²) in [4.78, 5) is 11.4. The molecular weight excluding hydrogens is 154 g/mol. The zero-order valence-corrected chi connectivity index (χ0v) is 8.39. The highest BCUT2D eigenvalue weighted by Crippen LogP contribution is 2.14. The molecule has 0 rings (SSSR count). The van der Waals surface area contributed by atoms with Gasteiger partial charge in [0.25, 0.3) is 0 Å². The molecule has 0 aromatic heterocycles. The van der Waals surface area contributed by atoms with Gasteiger partial charge in [-0.3, -0.25) is 4.79 Å². The molecule has 0 saturated carbocycles. The lowest BCUT2D eigenvalue weighted by atomic mass is 9.89. The minimum Gasteiger partial charge on any atom is -0.371 e. The quantitative estimate of drug-likeness (QED) is 0.674. The van der Waals surface area contributed by atoms with Gasteiger partial charge >= 0.3 is 0 Å². The number of hydrogen-bond donors (Lipinski definition) is 1. The number of rotatable bonds is 5. The average Bonchev–Trinajstić information content (AvgIpc) is 2.00. The molecule has 0 saturated heterocycles. The second kappa shape index (κ2) is 4.58. The second-order valence-corrected chi connectivity index (χ2v) is 3.87. The van der Waals surface area contributed by atoms with Crippen LogP contribution in [0, 0.1) is 5.41 Å². The summed E-state index contributed by atoms with van der Waals surface area (Å²) < 4.78 is 5.19. The van der Waals surface area contributed by atoms with E-state index in [-0.39, 0.29) is 18.5 Å². The fourth-order valence-corrected chi connectivity index (χ4v) is 0.552. The number of hydrogen-bond acceptors (Lipinski definition) is 3. The predicted octanol–water partition coefficient (Wildman–Crippen LogP) is 0.965. The summed E-state index contributed by atoms with van der Waals surface area (Å²) in [5.74, 6) is 0.0682. The average molecular weight is 173 g/mol. The minimum atomic E-state index is -0.450. The SMILES string of the molecule is CC(C)OCC(=O)C(C)(C)CN. The fraction of sp³-hybridized carbons (Fsp3) is 0.889. The Morgan fingerprint density at radius 1 is 1.50 bits per heavy atom. The van der Waals surface area contributed by atoms with Crippen molar-refractivity contribution in [3.05, 3.63) is 0 Å². The first kappa shape index (κ1) is 11.6. The molecule has 0 amide bonds. The van der Waals surface area contributed by atoms with Crippen LogP contribution in [0.15, 0.2) is 0 Å². The van der Waals surface area contributed by atoms with Crippen LogP contribution in [0.3, 0.4) is 0 Å². The van der Waals surface area contributed by atoms with Crippen LogP contribution in [0.5, 0.6) is 0 Å². The van der Waals surface area contributed by atoms with E-state index in [4.69, 9.17) is 10.5 Å². The normalized spacial score (nSPS) is 12.2. The van der Waals surface area contributed by atoms with Crippen LogP contribution in [0.2, 0.25) is 0 Å². The molecule has 0 aromatic rings. The molecule has 0 aliphatic carbocycles. The first-order valence-electron chi connectivity index (χ1n) is 4.25. The first-order chi connectivity index (χ1) is 5.40. The van der Waals surface area contributed by atoms with Crippen molar-refractivity contribution in [2.75, 3.05) is 13.2 Å². The molecule has 0 fully saturated rings. The summed E-state index contributed by atoms with van der Waals surface area (Å²) in [5.41, 5.74) is 4.99. The molecule has 0 radical (unpaired) electrons. The zero-order chi connectivity index (χ0) is 9.78. The van der Waals surface area contributed by atoms with Gasteiger partial charge in [0.2, 0.25) is 0 Å². The minimum absolute atomic E-state index is 0.0682. The maximum atomic E-state index is 11.4. The highest BCUT2D eigenvalue weighted by molar-refractivity contribution is 5.85. The van der Waals surface area contributed by atoms with Crippen LogP contribution in [0.25, 0.3) is 0 Å². The third kappa shape index (κ3) is 3.83. The molecule has 3 nitrogen and oxygen atoms in total. The Morgan fingerprint density at radius 2 is 2.00 bits per heavy atom. The molecule has 0 atom stereocenters. The second-order valence-electron chi connectivity index (χ2n) is 3.87. The van der Waals surface area contributed by atoms with Crippen molar-refractivity contribution in [1.82, 2.24) is 0 Å². The summed E-state index contributed by atoms with van der Waals surface area (Å²) in [6.45, 7) is 8.01. The van der Waals surface area contributed by atoms with Crippen molar-refractivity contribution in [1.29, 1.82) is 0 Å². The first-order valence-corrected chi connectivity index (χ1v) is 4.25. The molecule has 0 heterocycles. The molecular formula is C9H19NO2. The lowest BCUT2D eigenvalue weighted by Gasteiger charge is -2.20. The van der Waals surface area contributed by atoms with Crippen LogP contribution in [-0.4, -0.2) is 25.0 Å². The largest absolute Gasteiger partial charge is 0.371 e. The standard InChI is InChI=1S/C9H19NO2/c1-7(2)12-5-8(11)9(3,4)6-10/h7H,5-6,10H2,1-4H3. The van der Waals surface area contributed by atoms with Gasteiger partial charge in [0.05, 0.1) is 6.10 Å². The van der Waals surface area contributed by atoms with Gasteiger partial charge in [-0.05, 0) is 13.8 Å². The van der Waals surface area contributed by atoms with Crippen LogP contribution >= 0.6 is 0 Å². The van der Waals surface area contributed by atoms with Crippen molar-refractivity contribution >= 4 is 5.78 Å². The summed E-state index contributed by atoms with van der Waals surface area (Å²) in [5, 5.41) is 0. The lowest BCUT2D eigenvalue weighted by molar-refractivity contribution is -0.132. The topological polar surface area (TPSA) is 52.3 Å². The Bertz CT molecular complexity index is 153. The molecule has 0 aliphatic rings. The van der Waals surface area contributed by atoms with E-state index in [1.54, 1.807) is 0 Å². The van der Waals surface area contributed by atoms with Gasteiger partial charge in [-0.2, -0.15) is 0 Å². The van der Waals surface area contributed by atoms with Crippen molar-refractivity contribution in [3.63, 3.8) is 0 Å². The lowest BCUT2D eigenvalue weighted by Crippen LogP contribution is -2.35. The summed E-state index contributed by atoms with van der Waals surface area (Å²) in [7, 11) is 0. The van der Waals surface area contributed by atoms with Crippen molar-refractivity contribution in [3.8, 4) is 0 Å². The molecule has 0 unspecified atom stereocenters. The van der Waals surface area contributed by atoms with Crippen LogP contribution in [0.4, 0.5) is 0 Å². The van der Waals surface area contributed by atoms with Crippen molar-refractivity contribution in [2.24, 2.45) is 11.1 Å². The molecule has 0 aliphatic heterocycles. The number of ketones is 1. The Kier molecular flexibility index (Phi) is 4.42. The summed E-state index contributed by atoms with van der Waals surface area (Å²) >= 11 is 0. The maximum absolute atomic E-state index is 11.4. The van der Waals surface area contributed by atoms with Gasteiger partial charge in [0.1, 0.15) is 6.61 Å². The van der Waals surface area contributed by atoms with E-state index in [2.05, 4.69) is 0 Å². The van der Waals surface area contributed by atoms with E-state index < -0.39 is 5.41 Å². The Morgan fingerprint density at radius 3 is 2.33 bits per heavy atom. The van der Waals surface area contributed by atoms with Crippen LogP contribution in [0.1, 0.15) is 27.7 Å². The van der Waals surface area contributed by atoms with Crippen LogP contribution in [-0.2, 0) is 9.53 Å². The van der Waals surface area contributed by atoms with Crippen molar-refractivity contribution in [2.45, 2.75) is 33.8 Å². The molecule has 2 N–H and O–H groups in total. The van der Waals surface area contributed by atoms with Gasteiger partial charge in [-0.25, -0.2) is 0 Å². The van der Waals surface area contributed by atoms with Gasteiger partial charge < -0.3 is 10.5 Å². The molecule has 0 spiro atoms. The summed E-state index contributed by atoms with van der Waals surface area (Å²) in [6, 6.07) is 0. The molecule has 0 aromatic carbocycles. The highest BCUT2D eigenvalue weighted by Gasteiger charge is 2.25. The van der Waals surface area contributed by atoms with E-state index in [0.29, 0.717) is 6.54 Å². The highest BCUT2D eigenvalue weighted by atomic mass is 16.5. The Hall–Kier alpha value is -0.410. The third-order valence-corrected chi connectivity index (χ3v) is 1.81. The number of Topliss-reactive ketones (excluding diaryl/α,β-unsaturated/α-hetero) is 1. The fourth-order valence-electron chi connectivity index (χ4n) is 0.552. The number of nitrogens with two attached hydrogens (primary N) is 1.